The number of rotatable bonds is 6. The lowest BCUT2D eigenvalue weighted by Gasteiger charge is -2.12. The first-order valence-corrected chi connectivity index (χ1v) is 9.32. The van der Waals surface area contributed by atoms with Gasteiger partial charge in [-0.3, -0.25) is 9.48 Å². The lowest BCUT2D eigenvalue weighted by molar-refractivity contribution is -0.0504. The molecule has 0 aliphatic heterocycles. The van der Waals surface area contributed by atoms with Crippen LogP contribution in [-0.4, -0.2) is 22.3 Å². The first kappa shape index (κ1) is 20.3. The molecule has 0 aliphatic carbocycles. The average Bonchev–Trinajstić information content (AvgIpc) is 3.03. The number of ether oxygens (including phenoxy) is 1. The molecule has 0 unspecified atom stereocenters. The first-order valence-electron chi connectivity index (χ1n) is 8.15. The fraction of sp³-hybridized carbons (Fsp3) is 0.158. The van der Waals surface area contributed by atoms with E-state index in [2.05, 4.69) is 31.1 Å². The number of carbonyl (C=O) groups excluding carboxylic acids is 1. The normalized spacial score (nSPS) is 10.9. The summed E-state index contributed by atoms with van der Waals surface area (Å²) in [4.78, 5) is 12.7. The Labute approximate surface area is 173 Å². The Morgan fingerprint density at radius 3 is 2.79 bits per heavy atom. The third-order valence-corrected chi connectivity index (χ3v) is 4.70. The first-order chi connectivity index (χ1) is 13.3. The molecule has 0 spiro atoms. The third kappa shape index (κ3) is 4.69. The van der Waals surface area contributed by atoms with Crippen molar-refractivity contribution < 1.29 is 18.3 Å². The lowest BCUT2D eigenvalue weighted by Crippen LogP contribution is -2.23. The van der Waals surface area contributed by atoms with Gasteiger partial charge in [-0.15, -0.1) is 0 Å². The van der Waals surface area contributed by atoms with Crippen molar-refractivity contribution in [1.29, 1.82) is 0 Å². The Balaban J connectivity index is 1.84. The molecule has 9 heteroatoms. The fourth-order valence-corrected chi connectivity index (χ4v) is 3.31. The monoisotopic (exact) mass is 469 g/mol. The van der Waals surface area contributed by atoms with Gasteiger partial charge in [0.1, 0.15) is 11.4 Å². The SMILES string of the molecule is Cn1cc(C(=O)NCc2cc(Br)ccc2OC(F)F)c(-c2ccccc2Cl)n1. The molecular formula is C19H15BrClF2N3O2. The van der Waals surface area contributed by atoms with Gasteiger partial charge >= 0.3 is 6.61 Å². The molecule has 0 saturated heterocycles. The van der Waals surface area contributed by atoms with Crippen LogP contribution in [0.4, 0.5) is 8.78 Å². The van der Waals surface area contributed by atoms with E-state index in [0.717, 1.165) is 0 Å². The van der Waals surface area contributed by atoms with E-state index >= 15 is 0 Å². The maximum absolute atomic E-state index is 12.7. The molecule has 0 bridgehead atoms. The second kappa shape index (κ2) is 8.70. The van der Waals surface area contributed by atoms with Crippen LogP contribution in [0.3, 0.4) is 0 Å². The molecule has 1 heterocycles. The number of nitrogens with zero attached hydrogens (tertiary/aromatic N) is 2. The van der Waals surface area contributed by atoms with Gasteiger partial charge in [0.15, 0.2) is 0 Å². The van der Waals surface area contributed by atoms with E-state index < -0.39 is 12.5 Å². The van der Waals surface area contributed by atoms with E-state index in [4.69, 9.17) is 11.6 Å². The molecule has 0 atom stereocenters. The van der Waals surface area contributed by atoms with Gasteiger partial charge in [0, 0.05) is 35.4 Å². The summed E-state index contributed by atoms with van der Waals surface area (Å²) in [5.74, 6) is -0.415. The number of benzene rings is 2. The Kier molecular flexibility index (Phi) is 6.31. The van der Waals surface area contributed by atoms with E-state index in [9.17, 15) is 13.6 Å². The maximum Gasteiger partial charge on any atom is 0.387 e. The second-order valence-corrected chi connectivity index (χ2v) is 7.18. The third-order valence-electron chi connectivity index (χ3n) is 3.88. The Morgan fingerprint density at radius 1 is 1.32 bits per heavy atom. The molecule has 28 heavy (non-hydrogen) atoms. The van der Waals surface area contributed by atoms with Gasteiger partial charge in [-0.2, -0.15) is 13.9 Å². The largest absolute Gasteiger partial charge is 0.434 e. The van der Waals surface area contributed by atoms with Gasteiger partial charge in [0.05, 0.1) is 10.6 Å². The predicted molar refractivity (Wildman–Crippen MR) is 106 cm³/mol. The van der Waals surface area contributed by atoms with Crippen LogP contribution in [0.15, 0.2) is 53.1 Å². The second-order valence-electron chi connectivity index (χ2n) is 5.86. The van der Waals surface area contributed by atoms with Crippen LogP contribution < -0.4 is 10.1 Å². The number of hydrogen-bond donors (Lipinski definition) is 1. The smallest absolute Gasteiger partial charge is 0.387 e. The zero-order valence-electron chi connectivity index (χ0n) is 14.6. The van der Waals surface area contributed by atoms with Gasteiger partial charge in [0.25, 0.3) is 5.91 Å². The highest BCUT2D eigenvalue weighted by Crippen LogP contribution is 2.29. The average molecular weight is 471 g/mol. The molecule has 5 nitrogen and oxygen atoms in total. The molecule has 0 radical (unpaired) electrons. The molecular weight excluding hydrogens is 456 g/mol. The highest BCUT2D eigenvalue weighted by molar-refractivity contribution is 9.10. The fourth-order valence-electron chi connectivity index (χ4n) is 2.67. The summed E-state index contributed by atoms with van der Waals surface area (Å²) in [5.41, 5.74) is 1.79. The number of carbonyl (C=O) groups is 1. The molecule has 0 fully saturated rings. The Morgan fingerprint density at radius 2 is 2.07 bits per heavy atom. The summed E-state index contributed by atoms with van der Waals surface area (Å²) in [7, 11) is 1.69. The van der Waals surface area contributed by atoms with Crippen molar-refractivity contribution in [3.8, 4) is 17.0 Å². The molecule has 0 aliphatic rings. The highest BCUT2D eigenvalue weighted by Gasteiger charge is 2.19. The predicted octanol–water partition coefficient (Wildman–Crippen LogP) is 5.03. The molecule has 146 valence electrons. The molecule has 2 aromatic carbocycles. The van der Waals surface area contributed by atoms with Crippen molar-refractivity contribution >= 4 is 33.4 Å². The van der Waals surface area contributed by atoms with E-state index in [1.165, 1.54) is 10.7 Å². The highest BCUT2D eigenvalue weighted by atomic mass is 79.9. The van der Waals surface area contributed by atoms with Crippen molar-refractivity contribution in [3.63, 3.8) is 0 Å². The van der Waals surface area contributed by atoms with Crippen LogP contribution in [0, 0.1) is 0 Å². The zero-order chi connectivity index (χ0) is 20.3. The van der Waals surface area contributed by atoms with Crippen molar-refractivity contribution in [1.82, 2.24) is 15.1 Å². The van der Waals surface area contributed by atoms with Gasteiger partial charge in [-0.1, -0.05) is 45.7 Å². The maximum atomic E-state index is 12.7. The summed E-state index contributed by atoms with van der Waals surface area (Å²) in [6.45, 7) is -2.96. The molecule has 1 aromatic heterocycles. The van der Waals surface area contributed by atoms with Crippen LogP contribution in [0.2, 0.25) is 5.02 Å². The standard InChI is InChI=1S/C19H15BrClF2N3O2/c1-26-10-14(17(25-26)13-4-2-3-5-15(13)21)18(27)24-9-11-8-12(20)6-7-16(11)28-19(22)23/h2-8,10,19H,9H2,1H3,(H,24,27). The summed E-state index contributed by atoms with van der Waals surface area (Å²) in [5, 5.41) is 7.51. The number of nitrogens with one attached hydrogen (secondary N) is 1. The van der Waals surface area contributed by atoms with Gasteiger partial charge < -0.3 is 10.1 Å². The lowest BCUT2D eigenvalue weighted by atomic mass is 10.1. The van der Waals surface area contributed by atoms with Crippen molar-refractivity contribution in [3.05, 3.63) is 69.3 Å². The van der Waals surface area contributed by atoms with Crippen LogP contribution >= 0.6 is 27.5 Å². The number of aryl methyl sites for hydroxylation is 1. The van der Waals surface area contributed by atoms with Crippen LogP contribution in [-0.2, 0) is 13.6 Å². The zero-order valence-corrected chi connectivity index (χ0v) is 17.0. The van der Waals surface area contributed by atoms with E-state index in [-0.39, 0.29) is 12.3 Å². The molecule has 3 aromatic rings. The molecule has 0 saturated carbocycles. The number of halogens is 4. The van der Waals surface area contributed by atoms with Crippen LogP contribution in [0.1, 0.15) is 15.9 Å². The van der Waals surface area contributed by atoms with Crippen molar-refractivity contribution in [2.24, 2.45) is 7.05 Å². The minimum atomic E-state index is -2.96. The summed E-state index contributed by atoms with van der Waals surface area (Å²) >= 11 is 9.51. The molecule has 1 N–H and O–H groups in total. The number of aromatic nitrogens is 2. The van der Waals surface area contributed by atoms with Crippen LogP contribution in [0.5, 0.6) is 5.75 Å². The van der Waals surface area contributed by atoms with Gasteiger partial charge in [-0.25, -0.2) is 0 Å². The number of alkyl halides is 2. The number of amides is 1. The van der Waals surface area contributed by atoms with E-state index in [0.29, 0.717) is 31.9 Å². The quantitative estimate of drug-likeness (QED) is 0.549. The Hall–Kier alpha value is -2.45. The minimum absolute atomic E-state index is 0.00279. The van der Waals surface area contributed by atoms with Crippen molar-refractivity contribution in [2.45, 2.75) is 13.2 Å². The molecule has 1 amide bonds. The van der Waals surface area contributed by atoms with Gasteiger partial charge in [-0.05, 0) is 24.3 Å². The Bertz CT molecular complexity index is 1010. The summed E-state index contributed by atoms with van der Waals surface area (Å²) in [6, 6.07) is 11.7. The summed E-state index contributed by atoms with van der Waals surface area (Å²) < 4.78 is 31.9. The topological polar surface area (TPSA) is 56.2 Å². The van der Waals surface area contributed by atoms with Crippen LogP contribution in [0.25, 0.3) is 11.3 Å². The van der Waals surface area contributed by atoms with Gasteiger partial charge in [0.2, 0.25) is 0 Å². The minimum Gasteiger partial charge on any atom is -0.434 e. The van der Waals surface area contributed by atoms with E-state index in [1.807, 2.05) is 0 Å². The summed E-state index contributed by atoms with van der Waals surface area (Å²) in [6.07, 6.45) is 1.57. The van der Waals surface area contributed by atoms with Crippen molar-refractivity contribution in [2.75, 3.05) is 0 Å². The van der Waals surface area contributed by atoms with E-state index in [1.54, 1.807) is 49.6 Å². The molecule has 3 rings (SSSR count). The number of hydrogen-bond acceptors (Lipinski definition) is 3.